The van der Waals surface area contributed by atoms with Crippen molar-refractivity contribution in [3.05, 3.63) is 28.8 Å². The normalized spacial score (nSPS) is 25.8. The van der Waals surface area contributed by atoms with Gasteiger partial charge >= 0.3 is 0 Å². The smallest absolute Gasteiger partial charge is 0.137 e. The molecule has 2 rings (SSSR count). The summed E-state index contributed by atoms with van der Waals surface area (Å²) in [5.41, 5.74) is 7.06. The van der Waals surface area contributed by atoms with Crippen LogP contribution in [0.3, 0.4) is 0 Å². The van der Waals surface area contributed by atoms with Gasteiger partial charge in [0.15, 0.2) is 0 Å². The molecule has 0 spiro atoms. The molecular formula is C14H20ClNO2. The Morgan fingerprint density at radius 1 is 1.44 bits per heavy atom. The number of hydrogen-bond acceptors (Lipinski definition) is 3. The molecule has 0 saturated carbocycles. The van der Waals surface area contributed by atoms with Gasteiger partial charge in [-0.1, -0.05) is 17.7 Å². The van der Waals surface area contributed by atoms with Gasteiger partial charge in [0.25, 0.3) is 0 Å². The largest absolute Gasteiger partial charge is 0.495 e. The lowest BCUT2D eigenvalue weighted by Crippen LogP contribution is -2.43. The summed E-state index contributed by atoms with van der Waals surface area (Å²) in [5.74, 6) is 0.657. The summed E-state index contributed by atoms with van der Waals surface area (Å²) in [6, 6.07) is 5.50. The van der Waals surface area contributed by atoms with Crippen molar-refractivity contribution >= 4 is 11.6 Å². The highest BCUT2D eigenvalue weighted by Crippen LogP contribution is 2.37. The number of halogens is 1. The number of hydrogen-bond donors (Lipinski definition) is 1. The molecule has 0 amide bonds. The van der Waals surface area contributed by atoms with Crippen molar-refractivity contribution in [2.24, 2.45) is 5.73 Å². The molecule has 4 heteroatoms. The fraction of sp³-hybridized carbons (Fsp3) is 0.571. The van der Waals surface area contributed by atoms with Crippen LogP contribution in [-0.2, 0) is 4.74 Å². The first kappa shape index (κ1) is 13.7. The summed E-state index contributed by atoms with van der Waals surface area (Å²) in [7, 11) is 1.61. The van der Waals surface area contributed by atoms with Crippen LogP contribution in [0, 0.1) is 0 Å². The van der Waals surface area contributed by atoms with Gasteiger partial charge in [0.05, 0.1) is 23.8 Å². The predicted octanol–water partition coefficient (Wildman–Crippen LogP) is 3.31. The highest BCUT2D eigenvalue weighted by atomic mass is 35.5. The van der Waals surface area contributed by atoms with Gasteiger partial charge in [-0.25, -0.2) is 0 Å². The van der Waals surface area contributed by atoms with Crippen molar-refractivity contribution < 1.29 is 9.47 Å². The van der Waals surface area contributed by atoms with Crippen molar-refractivity contribution in [3.63, 3.8) is 0 Å². The third-order valence-electron chi connectivity index (χ3n) is 3.69. The molecule has 2 N–H and O–H groups in total. The molecular weight excluding hydrogens is 250 g/mol. The van der Waals surface area contributed by atoms with Crippen LogP contribution in [0.1, 0.15) is 37.8 Å². The van der Waals surface area contributed by atoms with E-state index in [1.54, 1.807) is 7.11 Å². The maximum Gasteiger partial charge on any atom is 0.137 e. The minimum Gasteiger partial charge on any atom is -0.495 e. The van der Waals surface area contributed by atoms with Crippen molar-refractivity contribution in [2.75, 3.05) is 13.7 Å². The van der Waals surface area contributed by atoms with E-state index in [-0.39, 0.29) is 11.6 Å². The Bertz CT molecular complexity index is 416. The molecule has 0 aromatic heterocycles. The average molecular weight is 270 g/mol. The first-order valence-electron chi connectivity index (χ1n) is 6.30. The predicted molar refractivity (Wildman–Crippen MR) is 73.1 cm³/mol. The van der Waals surface area contributed by atoms with E-state index in [1.807, 2.05) is 18.2 Å². The van der Waals surface area contributed by atoms with E-state index in [0.717, 1.165) is 31.4 Å². The molecule has 1 saturated heterocycles. The van der Waals surface area contributed by atoms with Gasteiger partial charge in [-0.2, -0.15) is 0 Å². The van der Waals surface area contributed by atoms with Crippen LogP contribution in [0.2, 0.25) is 5.02 Å². The Morgan fingerprint density at radius 3 is 2.83 bits per heavy atom. The maximum absolute atomic E-state index is 6.35. The fourth-order valence-corrected chi connectivity index (χ4v) is 2.62. The van der Waals surface area contributed by atoms with Crippen molar-refractivity contribution in [1.82, 2.24) is 0 Å². The molecule has 1 aliphatic heterocycles. The lowest BCUT2D eigenvalue weighted by molar-refractivity contribution is -0.0820. The van der Waals surface area contributed by atoms with Crippen LogP contribution in [0.25, 0.3) is 0 Å². The van der Waals surface area contributed by atoms with E-state index in [9.17, 15) is 0 Å². The Balaban J connectivity index is 2.24. The minimum absolute atomic E-state index is 0.163. The summed E-state index contributed by atoms with van der Waals surface area (Å²) >= 11 is 6.02. The van der Waals surface area contributed by atoms with Crippen LogP contribution < -0.4 is 10.5 Å². The molecule has 1 aromatic rings. The van der Waals surface area contributed by atoms with Gasteiger partial charge in [-0.3, -0.25) is 0 Å². The second kappa shape index (κ2) is 5.47. The summed E-state index contributed by atoms with van der Waals surface area (Å²) in [4.78, 5) is 0. The summed E-state index contributed by atoms with van der Waals surface area (Å²) in [5, 5.41) is 0.600. The molecule has 3 nitrogen and oxygen atoms in total. The van der Waals surface area contributed by atoms with Gasteiger partial charge in [0.1, 0.15) is 5.75 Å². The second-order valence-corrected chi connectivity index (χ2v) is 5.40. The monoisotopic (exact) mass is 269 g/mol. The fourth-order valence-electron chi connectivity index (χ4n) is 2.42. The summed E-state index contributed by atoms with van der Waals surface area (Å²) in [6.07, 6.45) is 3.26. The Labute approximate surface area is 113 Å². The lowest BCUT2D eigenvalue weighted by atomic mass is 9.85. The zero-order valence-electron chi connectivity index (χ0n) is 10.9. The number of nitrogens with two attached hydrogens (primary N) is 1. The zero-order valence-corrected chi connectivity index (χ0v) is 11.7. The molecule has 1 aromatic carbocycles. The number of benzene rings is 1. The third-order valence-corrected chi connectivity index (χ3v) is 4.00. The van der Waals surface area contributed by atoms with Crippen LogP contribution >= 0.6 is 11.6 Å². The van der Waals surface area contributed by atoms with E-state index in [0.29, 0.717) is 10.8 Å². The maximum atomic E-state index is 6.35. The van der Waals surface area contributed by atoms with Crippen molar-refractivity contribution in [1.29, 1.82) is 0 Å². The SMILES string of the molecule is COc1cc(C(N)C2(C)CCCCO2)ccc1Cl. The van der Waals surface area contributed by atoms with E-state index >= 15 is 0 Å². The Hall–Kier alpha value is -0.770. The molecule has 2 atom stereocenters. The number of ether oxygens (including phenoxy) is 2. The lowest BCUT2D eigenvalue weighted by Gasteiger charge is -2.39. The number of rotatable bonds is 3. The van der Waals surface area contributed by atoms with E-state index in [1.165, 1.54) is 0 Å². The van der Waals surface area contributed by atoms with Gasteiger partial charge in [0.2, 0.25) is 0 Å². The average Bonchev–Trinajstić information content (AvgIpc) is 2.39. The molecule has 0 radical (unpaired) electrons. The highest BCUT2D eigenvalue weighted by molar-refractivity contribution is 6.32. The quantitative estimate of drug-likeness (QED) is 0.916. The van der Waals surface area contributed by atoms with Crippen molar-refractivity contribution in [3.8, 4) is 5.75 Å². The molecule has 100 valence electrons. The third kappa shape index (κ3) is 2.63. The molecule has 1 fully saturated rings. The summed E-state index contributed by atoms with van der Waals surface area (Å²) < 4.78 is 11.1. The van der Waals surface area contributed by atoms with Crippen LogP contribution in [0.5, 0.6) is 5.75 Å². The molecule has 0 bridgehead atoms. The minimum atomic E-state index is -0.295. The van der Waals surface area contributed by atoms with Gasteiger partial charge in [-0.05, 0) is 43.9 Å². The van der Waals surface area contributed by atoms with Crippen LogP contribution in [0.15, 0.2) is 18.2 Å². The van der Waals surface area contributed by atoms with Crippen LogP contribution in [-0.4, -0.2) is 19.3 Å². The standard InChI is InChI=1S/C14H20ClNO2/c1-14(7-3-4-8-18-14)13(16)10-5-6-11(15)12(9-10)17-2/h5-6,9,13H,3-4,7-8,16H2,1-2H3. The van der Waals surface area contributed by atoms with Gasteiger partial charge < -0.3 is 15.2 Å². The van der Waals surface area contributed by atoms with E-state index < -0.39 is 0 Å². The van der Waals surface area contributed by atoms with Crippen molar-refractivity contribution in [2.45, 2.75) is 37.8 Å². The molecule has 1 heterocycles. The molecule has 2 unspecified atom stereocenters. The first-order valence-corrected chi connectivity index (χ1v) is 6.67. The molecule has 18 heavy (non-hydrogen) atoms. The number of methoxy groups -OCH3 is 1. The topological polar surface area (TPSA) is 44.5 Å². The van der Waals surface area contributed by atoms with Gasteiger partial charge in [0, 0.05) is 6.61 Å². The highest BCUT2D eigenvalue weighted by Gasteiger charge is 2.35. The van der Waals surface area contributed by atoms with E-state index in [4.69, 9.17) is 26.8 Å². The van der Waals surface area contributed by atoms with E-state index in [2.05, 4.69) is 6.92 Å². The first-order chi connectivity index (χ1) is 8.57. The zero-order chi connectivity index (χ0) is 13.2. The Morgan fingerprint density at radius 2 is 2.22 bits per heavy atom. The second-order valence-electron chi connectivity index (χ2n) is 4.99. The molecule has 1 aliphatic rings. The summed E-state index contributed by atoms with van der Waals surface area (Å²) in [6.45, 7) is 2.87. The van der Waals surface area contributed by atoms with Crippen LogP contribution in [0.4, 0.5) is 0 Å². The van der Waals surface area contributed by atoms with Gasteiger partial charge in [-0.15, -0.1) is 0 Å². The Kier molecular flexibility index (Phi) is 4.15. The molecule has 0 aliphatic carbocycles.